The maximum absolute atomic E-state index is 12.6. The van der Waals surface area contributed by atoms with Crippen LogP contribution >= 0.6 is 0 Å². The number of nitrogens with zero attached hydrogens (tertiary/aromatic N) is 2. The zero-order valence-electron chi connectivity index (χ0n) is 17.1. The molecule has 7 nitrogen and oxygen atoms in total. The molecule has 156 valence electrons. The molecule has 1 aliphatic heterocycles. The van der Waals surface area contributed by atoms with Gasteiger partial charge in [-0.1, -0.05) is 18.2 Å². The molecule has 2 aromatic rings. The molecule has 2 atom stereocenters. The number of hydrogen-bond donors (Lipinski definition) is 2. The van der Waals surface area contributed by atoms with Gasteiger partial charge in [0.15, 0.2) is 0 Å². The first kappa shape index (κ1) is 21.1. The monoisotopic (exact) mass is 398 g/mol. The van der Waals surface area contributed by atoms with E-state index in [1.165, 1.54) is 0 Å². The number of rotatable bonds is 8. The number of hydrogen-bond acceptors (Lipinski definition) is 5. The summed E-state index contributed by atoms with van der Waals surface area (Å²) in [6.45, 7) is 3.51. The topological polar surface area (TPSA) is 75.7 Å². The first-order valence-corrected chi connectivity index (χ1v) is 10.0. The molecule has 0 saturated carbocycles. The lowest BCUT2D eigenvalue weighted by Gasteiger charge is -2.38. The highest BCUT2D eigenvalue weighted by Gasteiger charge is 2.32. The van der Waals surface area contributed by atoms with E-state index in [0.29, 0.717) is 0 Å². The van der Waals surface area contributed by atoms with Crippen molar-refractivity contribution in [3.05, 3.63) is 54.4 Å². The van der Waals surface area contributed by atoms with Crippen molar-refractivity contribution in [1.82, 2.24) is 15.2 Å². The highest BCUT2D eigenvalue weighted by atomic mass is 16.5. The van der Waals surface area contributed by atoms with Gasteiger partial charge in [0.2, 0.25) is 0 Å². The molecule has 2 heterocycles. The summed E-state index contributed by atoms with van der Waals surface area (Å²) in [4.78, 5) is 19.6. The molecule has 3 rings (SSSR count). The summed E-state index contributed by atoms with van der Waals surface area (Å²) in [6.07, 6.45) is 3.60. The first-order chi connectivity index (χ1) is 14.2. The van der Waals surface area contributed by atoms with E-state index in [1.54, 1.807) is 20.4 Å². The van der Waals surface area contributed by atoms with Crippen molar-refractivity contribution in [3.8, 4) is 5.75 Å². The number of benzene rings is 1. The third-order valence-corrected chi connectivity index (χ3v) is 5.24. The Bertz CT molecular complexity index is 754. The Morgan fingerprint density at radius 1 is 1.21 bits per heavy atom. The molecular weight excluding hydrogens is 368 g/mol. The van der Waals surface area contributed by atoms with Gasteiger partial charge in [0.05, 0.1) is 13.3 Å². The van der Waals surface area contributed by atoms with Crippen LogP contribution in [0.1, 0.15) is 24.5 Å². The quantitative estimate of drug-likeness (QED) is 0.669. The van der Waals surface area contributed by atoms with Crippen LogP contribution in [0.25, 0.3) is 0 Å². The van der Waals surface area contributed by atoms with E-state index in [-0.39, 0.29) is 18.0 Å². The van der Waals surface area contributed by atoms with Gasteiger partial charge >= 0.3 is 6.03 Å². The first-order valence-electron chi connectivity index (χ1n) is 10.0. The Labute approximate surface area is 172 Å². The number of urea groups is 1. The number of nitrogens with one attached hydrogen (secondary N) is 2. The average molecular weight is 399 g/mol. The minimum Gasteiger partial charge on any atom is -0.495 e. The van der Waals surface area contributed by atoms with Crippen molar-refractivity contribution in [1.29, 1.82) is 0 Å². The Hall–Kier alpha value is -2.64. The van der Waals surface area contributed by atoms with E-state index in [0.717, 1.165) is 56.2 Å². The van der Waals surface area contributed by atoms with Crippen LogP contribution in [0.15, 0.2) is 48.7 Å². The second kappa shape index (κ2) is 10.8. The molecule has 0 unspecified atom stereocenters. The van der Waals surface area contributed by atoms with E-state index in [2.05, 4.69) is 20.5 Å². The molecule has 0 aliphatic carbocycles. The molecular formula is C22H30N4O3. The molecule has 0 spiro atoms. The minimum atomic E-state index is -0.187. The van der Waals surface area contributed by atoms with Gasteiger partial charge < -0.3 is 25.0 Å². The van der Waals surface area contributed by atoms with Gasteiger partial charge in [-0.3, -0.25) is 4.98 Å². The lowest BCUT2D eigenvalue weighted by molar-refractivity contribution is 0.142. The Morgan fingerprint density at radius 2 is 2.03 bits per heavy atom. The molecule has 1 aliphatic rings. The van der Waals surface area contributed by atoms with Gasteiger partial charge in [0.25, 0.3) is 0 Å². The molecule has 1 aromatic heterocycles. The van der Waals surface area contributed by atoms with Crippen LogP contribution in [0.5, 0.6) is 5.75 Å². The zero-order valence-corrected chi connectivity index (χ0v) is 17.1. The number of ether oxygens (including phenoxy) is 2. The number of likely N-dealkylation sites (tertiary alicyclic amines) is 1. The number of piperidine rings is 1. The molecule has 0 bridgehead atoms. The summed E-state index contributed by atoms with van der Waals surface area (Å²) in [6, 6.07) is 13.2. The average Bonchev–Trinajstić information content (AvgIpc) is 2.75. The predicted molar refractivity (Wildman–Crippen MR) is 113 cm³/mol. The number of para-hydroxylation sites is 1. The van der Waals surface area contributed by atoms with Crippen molar-refractivity contribution in [2.24, 2.45) is 0 Å². The predicted octanol–water partition coefficient (Wildman–Crippen LogP) is 3.11. The van der Waals surface area contributed by atoms with E-state index in [4.69, 9.17) is 9.47 Å². The van der Waals surface area contributed by atoms with Gasteiger partial charge in [-0.25, -0.2) is 4.79 Å². The van der Waals surface area contributed by atoms with Gasteiger partial charge in [0.1, 0.15) is 5.75 Å². The maximum atomic E-state index is 12.6. The van der Waals surface area contributed by atoms with E-state index >= 15 is 0 Å². The number of carbonyl (C=O) groups excluding carboxylic acids is 1. The fourth-order valence-electron chi connectivity index (χ4n) is 3.72. The third-order valence-electron chi connectivity index (χ3n) is 5.24. The lowest BCUT2D eigenvalue weighted by atomic mass is 9.88. The van der Waals surface area contributed by atoms with Crippen LogP contribution in [0.2, 0.25) is 0 Å². The van der Waals surface area contributed by atoms with E-state index in [9.17, 15) is 4.79 Å². The minimum absolute atomic E-state index is 0.0123. The fourth-order valence-corrected chi connectivity index (χ4v) is 3.72. The van der Waals surface area contributed by atoms with Crippen LogP contribution in [0, 0.1) is 0 Å². The second-order valence-electron chi connectivity index (χ2n) is 7.24. The number of carbonyl (C=O) groups is 1. The summed E-state index contributed by atoms with van der Waals surface area (Å²) in [5.41, 5.74) is 1.74. The summed E-state index contributed by atoms with van der Waals surface area (Å²) >= 11 is 0. The van der Waals surface area contributed by atoms with Crippen molar-refractivity contribution in [2.45, 2.75) is 24.8 Å². The van der Waals surface area contributed by atoms with Gasteiger partial charge in [-0.15, -0.1) is 0 Å². The molecule has 1 saturated heterocycles. The summed E-state index contributed by atoms with van der Waals surface area (Å²) in [5, 5.41) is 6.07. The molecule has 2 N–H and O–H groups in total. The molecule has 7 heteroatoms. The van der Waals surface area contributed by atoms with Gasteiger partial charge in [-0.05, 0) is 37.1 Å². The van der Waals surface area contributed by atoms with E-state index in [1.807, 2.05) is 42.5 Å². The number of amides is 2. The van der Waals surface area contributed by atoms with Crippen LogP contribution in [0.4, 0.5) is 10.5 Å². The lowest BCUT2D eigenvalue weighted by Crippen LogP contribution is -2.51. The Morgan fingerprint density at radius 3 is 2.72 bits per heavy atom. The number of pyridine rings is 1. The summed E-state index contributed by atoms with van der Waals surface area (Å²) in [7, 11) is 3.36. The largest absolute Gasteiger partial charge is 0.495 e. The number of methoxy groups -OCH3 is 2. The standard InChI is InChI=1S/C22H30N4O3/c1-28-14-6-12-26-13-11-21(25-22(27)24-17-7-4-3-5-8-17)19(16-26)20-10-9-18(29-2)15-23-20/h3-5,7-10,15,19,21H,6,11-14,16H2,1-2H3,(H2,24,25,27)/t19-,21+/m0/s1. The molecule has 2 amide bonds. The van der Waals surface area contributed by atoms with Crippen molar-refractivity contribution in [2.75, 3.05) is 45.8 Å². The zero-order chi connectivity index (χ0) is 20.5. The summed E-state index contributed by atoms with van der Waals surface area (Å²) in [5.74, 6) is 0.839. The fraction of sp³-hybridized carbons (Fsp3) is 0.455. The Kier molecular flexibility index (Phi) is 7.84. The van der Waals surface area contributed by atoms with Crippen molar-refractivity contribution >= 4 is 11.7 Å². The molecule has 1 aromatic carbocycles. The van der Waals surface area contributed by atoms with Crippen LogP contribution < -0.4 is 15.4 Å². The highest BCUT2D eigenvalue weighted by molar-refractivity contribution is 5.89. The van der Waals surface area contributed by atoms with Gasteiger partial charge in [-0.2, -0.15) is 0 Å². The number of aromatic nitrogens is 1. The van der Waals surface area contributed by atoms with E-state index < -0.39 is 0 Å². The van der Waals surface area contributed by atoms with Crippen molar-refractivity contribution < 1.29 is 14.3 Å². The maximum Gasteiger partial charge on any atom is 0.319 e. The van der Waals surface area contributed by atoms with Crippen molar-refractivity contribution in [3.63, 3.8) is 0 Å². The summed E-state index contributed by atoms with van der Waals surface area (Å²) < 4.78 is 10.4. The van der Waals surface area contributed by atoms with Crippen LogP contribution in [-0.4, -0.2) is 62.4 Å². The Balaban J connectivity index is 1.68. The molecule has 29 heavy (non-hydrogen) atoms. The van der Waals surface area contributed by atoms with Crippen LogP contribution in [0.3, 0.4) is 0 Å². The third kappa shape index (κ3) is 6.17. The highest BCUT2D eigenvalue weighted by Crippen LogP contribution is 2.27. The molecule has 0 radical (unpaired) electrons. The smallest absolute Gasteiger partial charge is 0.319 e. The van der Waals surface area contributed by atoms with Crippen LogP contribution in [-0.2, 0) is 4.74 Å². The molecule has 1 fully saturated rings. The second-order valence-corrected chi connectivity index (χ2v) is 7.24. The van der Waals surface area contributed by atoms with Gasteiger partial charge in [0, 0.05) is 56.7 Å². The number of anilines is 1. The normalized spacial score (nSPS) is 19.5. The SMILES string of the molecule is COCCCN1CC[C@@H](NC(=O)Nc2ccccc2)[C@H](c2ccc(OC)cn2)C1.